The smallest absolute Gasteiger partial charge is 0.351 e. The lowest BCUT2D eigenvalue weighted by molar-refractivity contribution is -0.200. The molecule has 2 heterocycles. The fourth-order valence-corrected chi connectivity index (χ4v) is 6.65. The van der Waals surface area contributed by atoms with Crippen LogP contribution >= 0.6 is 8.53 Å². The van der Waals surface area contributed by atoms with Crippen LogP contribution in [0, 0.1) is 24.2 Å². The number of hydrogen-bond acceptors (Lipinski definition) is 9. The van der Waals surface area contributed by atoms with Gasteiger partial charge in [-0.2, -0.15) is 10.2 Å². The number of carbonyl (C=O) groups excluding carboxylic acids is 1. The Morgan fingerprint density at radius 3 is 2.56 bits per heavy atom. The molecule has 0 radical (unpaired) electrons. The van der Waals surface area contributed by atoms with Crippen molar-refractivity contribution in [3.05, 3.63) is 58.1 Å². The SMILES string of the molecule is CO[C@@]1(COP(OCCC#N)N(C(C)C)C(C)C)CCO[C@@H](n2cc(C)c(NC(=O)c3ccccc3)nc2=O)[C@@H]1C. The third-order valence-electron chi connectivity index (χ3n) is 7.24. The minimum Gasteiger partial charge on any atom is -0.375 e. The number of rotatable bonds is 13. The summed E-state index contributed by atoms with van der Waals surface area (Å²) in [6.07, 6.45) is 1.81. The number of anilines is 1. The molecule has 1 aliphatic heterocycles. The normalized spacial score (nSPS) is 21.7. The van der Waals surface area contributed by atoms with Crippen LogP contribution in [0.15, 0.2) is 41.3 Å². The molecule has 1 aromatic heterocycles. The van der Waals surface area contributed by atoms with Gasteiger partial charge in [-0.15, -0.1) is 0 Å². The van der Waals surface area contributed by atoms with E-state index >= 15 is 0 Å². The maximum Gasteiger partial charge on any atom is 0.351 e. The van der Waals surface area contributed by atoms with Gasteiger partial charge in [0.25, 0.3) is 14.4 Å². The van der Waals surface area contributed by atoms with Crippen LogP contribution in [0.4, 0.5) is 5.82 Å². The Morgan fingerprint density at radius 1 is 1.27 bits per heavy atom. The molecule has 3 rings (SSSR count). The van der Waals surface area contributed by atoms with Crippen molar-refractivity contribution in [3.63, 3.8) is 0 Å². The first kappa shape index (κ1) is 32.8. The first-order valence-electron chi connectivity index (χ1n) is 13.9. The molecule has 11 nitrogen and oxygen atoms in total. The van der Waals surface area contributed by atoms with Gasteiger partial charge in [-0.05, 0) is 46.8 Å². The lowest BCUT2D eigenvalue weighted by Gasteiger charge is -2.46. The number of aryl methyl sites for hydroxylation is 1. The molecule has 1 amide bonds. The first-order valence-corrected chi connectivity index (χ1v) is 15.0. The fourth-order valence-electron chi connectivity index (χ4n) is 4.98. The summed E-state index contributed by atoms with van der Waals surface area (Å²) < 4.78 is 28.3. The largest absolute Gasteiger partial charge is 0.375 e. The average Bonchev–Trinajstić information content (AvgIpc) is 2.94. The van der Waals surface area contributed by atoms with E-state index in [4.69, 9.17) is 23.8 Å². The maximum absolute atomic E-state index is 13.2. The number of aromatic nitrogens is 2. The summed E-state index contributed by atoms with van der Waals surface area (Å²) in [5.74, 6) is -0.443. The summed E-state index contributed by atoms with van der Waals surface area (Å²) in [6, 6.07) is 11.2. The van der Waals surface area contributed by atoms with Crippen LogP contribution in [-0.2, 0) is 18.5 Å². The number of nitrogens with one attached hydrogen (secondary N) is 1. The Balaban J connectivity index is 1.82. The monoisotopic (exact) mass is 587 g/mol. The Bertz CT molecular complexity index is 1240. The molecule has 1 aromatic carbocycles. The van der Waals surface area contributed by atoms with Crippen LogP contribution in [0.25, 0.3) is 0 Å². The highest BCUT2D eigenvalue weighted by Crippen LogP contribution is 2.49. The van der Waals surface area contributed by atoms with Crippen molar-refractivity contribution in [1.82, 2.24) is 14.2 Å². The predicted molar refractivity (Wildman–Crippen MR) is 157 cm³/mol. The van der Waals surface area contributed by atoms with Gasteiger partial charge in [0, 0.05) is 48.9 Å². The van der Waals surface area contributed by atoms with Crippen molar-refractivity contribution in [3.8, 4) is 6.07 Å². The number of amides is 1. The molecule has 0 spiro atoms. The molecule has 1 unspecified atom stereocenters. The summed E-state index contributed by atoms with van der Waals surface area (Å²) in [5.41, 5.74) is -0.225. The predicted octanol–water partition coefficient (Wildman–Crippen LogP) is 5.04. The highest BCUT2D eigenvalue weighted by Gasteiger charge is 2.47. The summed E-state index contributed by atoms with van der Waals surface area (Å²) in [6.45, 7) is 12.9. The van der Waals surface area contributed by atoms with E-state index in [0.29, 0.717) is 24.2 Å². The van der Waals surface area contributed by atoms with Crippen molar-refractivity contribution in [2.24, 2.45) is 5.92 Å². The van der Waals surface area contributed by atoms with Crippen molar-refractivity contribution in [1.29, 1.82) is 5.26 Å². The van der Waals surface area contributed by atoms with E-state index in [9.17, 15) is 9.59 Å². The van der Waals surface area contributed by atoms with Crippen LogP contribution in [0.2, 0.25) is 0 Å². The van der Waals surface area contributed by atoms with E-state index in [1.165, 1.54) is 4.57 Å². The number of benzene rings is 1. The van der Waals surface area contributed by atoms with Gasteiger partial charge in [-0.3, -0.25) is 9.36 Å². The van der Waals surface area contributed by atoms with Crippen molar-refractivity contribution in [2.45, 2.75) is 78.3 Å². The van der Waals surface area contributed by atoms with Crippen LogP contribution in [-0.4, -0.2) is 64.7 Å². The molecule has 1 fully saturated rings. The molecule has 12 heteroatoms. The fraction of sp³-hybridized carbons (Fsp3) is 0.586. The number of carbonyl (C=O) groups is 1. The molecule has 0 aliphatic carbocycles. The Morgan fingerprint density at radius 2 is 1.95 bits per heavy atom. The molecule has 1 saturated heterocycles. The van der Waals surface area contributed by atoms with E-state index in [1.807, 2.05) is 13.0 Å². The number of nitriles is 1. The van der Waals surface area contributed by atoms with Gasteiger partial charge < -0.3 is 23.8 Å². The first-order chi connectivity index (χ1) is 19.5. The molecule has 224 valence electrons. The van der Waals surface area contributed by atoms with Gasteiger partial charge in [-0.25, -0.2) is 9.46 Å². The summed E-state index contributed by atoms with van der Waals surface area (Å²) in [5, 5.41) is 11.7. The molecule has 0 bridgehead atoms. The van der Waals surface area contributed by atoms with E-state index in [0.717, 1.165) is 0 Å². The standard InChI is InChI=1S/C29H42N5O6P/c1-20(2)34(21(3)4)41(39-16-11-15-30)40-19-29(37-7)14-17-38-27(23(29)6)33-18-22(5)25(32-28(33)36)31-26(35)24-12-9-8-10-13-24/h8-10,12-13,18,20-21,23,27H,11,14,16-17,19H2,1-7H3,(H,31,32,35,36)/t23-,27+,29+,41?/m0/s1. The zero-order valence-corrected chi connectivity index (χ0v) is 25.9. The second kappa shape index (κ2) is 15.0. The third-order valence-corrected chi connectivity index (χ3v) is 9.29. The lowest BCUT2D eigenvalue weighted by Crippen LogP contribution is -2.53. The van der Waals surface area contributed by atoms with E-state index in [2.05, 4.69) is 48.7 Å². The molecule has 4 atom stereocenters. The topological polar surface area (TPSA) is 128 Å². The zero-order valence-electron chi connectivity index (χ0n) is 25.0. The average molecular weight is 588 g/mol. The molecular weight excluding hydrogens is 545 g/mol. The molecule has 1 aliphatic rings. The van der Waals surface area contributed by atoms with Crippen LogP contribution in [0.3, 0.4) is 0 Å². The second-order valence-electron chi connectivity index (χ2n) is 10.7. The van der Waals surface area contributed by atoms with Crippen molar-refractivity contribution in [2.75, 3.05) is 32.2 Å². The van der Waals surface area contributed by atoms with E-state index < -0.39 is 26.0 Å². The summed E-state index contributed by atoms with van der Waals surface area (Å²) in [7, 11) is 0.169. The Kier molecular flexibility index (Phi) is 12.0. The van der Waals surface area contributed by atoms with Crippen LogP contribution in [0.1, 0.15) is 69.6 Å². The zero-order chi connectivity index (χ0) is 30.2. The van der Waals surface area contributed by atoms with Crippen LogP contribution in [0.5, 0.6) is 0 Å². The van der Waals surface area contributed by atoms with E-state index in [1.54, 1.807) is 44.5 Å². The van der Waals surface area contributed by atoms with Gasteiger partial charge in [0.1, 0.15) is 17.6 Å². The summed E-state index contributed by atoms with van der Waals surface area (Å²) in [4.78, 5) is 30.0. The Labute approximate surface area is 243 Å². The van der Waals surface area contributed by atoms with Crippen molar-refractivity contribution >= 4 is 20.3 Å². The maximum atomic E-state index is 13.2. The third kappa shape index (κ3) is 7.98. The minimum atomic E-state index is -1.47. The van der Waals surface area contributed by atoms with Gasteiger partial charge in [0.15, 0.2) is 0 Å². The molecule has 2 aromatic rings. The Hall–Kier alpha value is -2.71. The van der Waals surface area contributed by atoms with Gasteiger partial charge in [0.05, 0.1) is 32.3 Å². The van der Waals surface area contributed by atoms with Gasteiger partial charge in [0.2, 0.25) is 0 Å². The molecule has 1 N–H and O–H groups in total. The minimum absolute atomic E-state index is 0.162. The quantitative estimate of drug-likeness (QED) is 0.253. The van der Waals surface area contributed by atoms with Gasteiger partial charge in [-0.1, -0.05) is 25.1 Å². The number of methoxy groups -OCH3 is 1. The molecule has 0 saturated carbocycles. The lowest BCUT2D eigenvalue weighted by atomic mass is 9.83. The highest BCUT2D eigenvalue weighted by molar-refractivity contribution is 7.44. The van der Waals surface area contributed by atoms with Crippen molar-refractivity contribution < 1.29 is 23.3 Å². The molecule has 41 heavy (non-hydrogen) atoms. The highest BCUT2D eigenvalue weighted by atomic mass is 31.2. The van der Waals surface area contributed by atoms with Gasteiger partial charge >= 0.3 is 5.69 Å². The number of hydrogen-bond donors (Lipinski definition) is 1. The summed E-state index contributed by atoms with van der Waals surface area (Å²) >= 11 is 0. The molecular formula is C29H42N5O6P. The van der Waals surface area contributed by atoms with E-state index in [-0.39, 0.29) is 49.4 Å². The number of nitrogens with zero attached hydrogens (tertiary/aromatic N) is 4. The number of ether oxygens (including phenoxy) is 2. The second-order valence-corrected chi connectivity index (χ2v) is 12.1. The van der Waals surface area contributed by atoms with Crippen LogP contribution < -0.4 is 11.0 Å².